The predicted molar refractivity (Wildman–Crippen MR) is 70.5 cm³/mol. The summed E-state index contributed by atoms with van der Waals surface area (Å²) in [6.07, 6.45) is 0. The molecule has 0 unspecified atom stereocenters. The number of nitrogens with zero attached hydrogens (tertiary/aromatic N) is 2. The molecule has 18 heavy (non-hydrogen) atoms. The van der Waals surface area contributed by atoms with Crippen LogP contribution in [0, 0.1) is 0 Å². The second kappa shape index (κ2) is 4.68. The van der Waals surface area contributed by atoms with Crippen molar-refractivity contribution in [1.82, 2.24) is 14.5 Å². The van der Waals surface area contributed by atoms with Crippen molar-refractivity contribution < 1.29 is 4.79 Å². The molecule has 5 heteroatoms. The standard InChI is InChI=1S/C13H17N3O2/c1-9(2)14-12(17)8-16-11-7-5-4-6-10(11)15(3)13(16)18/h4-7,9H,8H2,1-3H3,(H,14,17). The Bertz CT molecular complexity index is 637. The number of benzene rings is 1. The van der Waals surface area contributed by atoms with Crippen LogP contribution in [0.25, 0.3) is 11.0 Å². The lowest BCUT2D eigenvalue weighted by atomic mass is 10.3. The molecule has 0 aliphatic carbocycles. The number of rotatable bonds is 3. The zero-order chi connectivity index (χ0) is 13.3. The molecule has 0 saturated heterocycles. The topological polar surface area (TPSA) is 56.0 Å². The maximum atomic E-state index is 12.1. The van der Waals surface area contributed by atoms with Crippen LogP contribution in [0.2, 0.25) is 0 Å². The normalized spacial score (nSPS) is 11.1. The molecule has 2 rings (SSSR count). The number of imidazole rings is 1. The first-order chi connectivity index (χ1) is 8.50. The third-order valence-corrected chi connectivity index (χ3v) is 2.80. The first kappa shape index (κ1) is 12.4. The molecule has 1 aromatic heterocycles. The summed E-state index contributed by atoms with van der Waals surface area (Å²) in [4.78, 5) is 23.8. The number of nitrogens with one attached hydrogen (secondary N) is 1. The van der Waals surface area contributed by atoms with Crippen LogP contribution >= 0.6 is 0 Å². The van der Waals surface area contributed by atoms with Gasteiger partial charge in [-0.1, -0.05) is 12.1 Å². The van der Waals surface area contributed by atoms with Gasteiger partial charge in [0.2, 0.25) is 5.91 Å². The Labute approximate surface area is 105 Å². The number of fused-ring (bicyclic) bond motifs is 1. The summed E-state index contributed by atoms with van der Waals surface area (Å²) in [5, 5.41) is 2.78. The molecule has 0 spiro atoms. The first-order valence-electron chi connectivity index (χ1n) is 5.94. The SMILES string of the molecule is CC(C)NC(=O)Cn1c(=O)n(C)c2ccccc21. The minimum Gasteiger partial charge on any atom is -0.352 e. The first-order valence-corrected chi connectivity index (χ1v) is 5.94. The Balaban J connectivity index is 2.42. The summed E-state index contributed by atoms with van der Waals surface area (Å²) in [5.41, 5.74) is 1.44. The molecule has 1 amide bonds. The second-order valence-electron chi connectivity index (χ2n) is 4.64. The highest BCUT2D eigenvalue weighted by Crippen LogP contribution is 2.10. The average Bonchev–Trinajstić information content (AvgIpc) is 2.54. The van der Waals surface area contributed by atoms with Gasteiger partial charge in [-0.3, -0.25) is 13.9 Å². The van der Waals surface area contributed by atoms with E-state index in [-0.39, 0.29) is 24.2 Å². The van der Waals surface area contributed by atoms with Crippen LogP contribution in [0.4, 0.5) is 0 Å². The van der Waals surface area contributed by atoms with Crippen molar-refractivity contribution in [1.29, 1.82) is 0 Å². The van der Waals surface area contributed by atoms with E-state index in [1.807, 2.05) is 38.1 Å². The van der Waals surface area contributed by atoms with Gasteiger partial charge in [0.1, 0.15) is 6.54 Å². The number of hydrogen-bond acceptors (Lipinski definition) is 2. The lowest BCUT2D eigenvalue weighted by Crippen LogP contribution is -2.36. The highest BCUT2D eigenvalue weighted by atomic mass is 16.2. The van der Waals surface area contributed by atoms with Gasteiger partial charge in [-0.2, -0.15) is 0 Å². The fraction of sp³-hybridized carbons (Fsp3) is 0.385. The van der Waals surface area contributed by atoms with Gasteiger partial charge in [0.25, 0.3) is 0 Å². The van der Waals surface area contributed by atoms with E-state index < -0.39 is 0 Å². The Morgan fingerprint density at radius 3 is 2.50 bits per heavy atom. The zero-order valence-electron chi connectivity index (χ0n) is 10.8. The van der Waals surface area contributed by atoms with E-state index in [0.29, 0.717) is 0 Å². The molecule has 1 heterocycles. The number of amides is 1. The highest BCUT2D eigenvalue weighted by molar-refractivity contribution is 5.80. The largest absolute Gasteiger partial charge is 0.352 e. The van der Waals surface area contributed by atoms with Crippen LogP contribution < -0.4 is 11.0 Å². The summed E-state index contributed by atoms with van der Waals surface area (Å²) in [7, 11) is 1.71. The smallest absolute Gasteiger partial charge is 0.329 e. The molecule has 0 aliphatic heterocycles. The molecular weight excluding hydrogens is 230 g/mol. The van der Waals surface area contributed by atoms with E-state index in [9.17, 15) is 9.59 Å². The van der Waals surface area contributed by atoms with Crippen LogP contribution in [0.5, 0.6) is 0 Å². The number of aryl methyl sites for hydroxylation is 1. The second-order valence-corrected chi connectivity index (χ2v) is 4.64. The number of para-hydroxylation sites is 2. The summed E-state index contributed by atoms with van der Waals surface area (Å²) < 4.78 is 3.05. The number of hydrogen-bond donors (Lipinski definition) is 1. The van der Waals surface area contributed by atoms with E-state index in [1.54, 1.807) is 11.6 Å². The van der Waals surface area contributed by atoms with Crippen molar-refractivity contribution in [2.24, 2.45) is 7.05 Å². The molecular formula is C13H17N3O2. The highest BCUT2D eigenvalue weighted by Gasteiger charge is 2.13. The van der Waals surface area contributed by atoms with Gasteiger partial charge in [-0.25, -0.2) is 4.79 Å². The van der Waals surface area contributed by atoms with E-state index >= 15 is 0 Å². The van der Waals surface area contributed by atoms with Crippen molar-refractivity contribution in [3.63, 3.8) is 0 Å². The molecule has 0 aliphatic rings. The van der Waals surface area contributed by atoms with Gasteiger partial charge < -0.3 is 5.32 Å². The van der Waals surface area contributed by atoms with Crippen LogP contribution in [-0.4, -0.2) is 21.1 Å². The fourth-order valence-electron chi connectivity index (χ4n) is 2.03. The molecule has 0 saturated carbocycles. The maximum Gasteiger partial charge on any atom is 0.329 e. The molecule has 1 N–H and O–H groups in total. The number of aromatic nitrogens is 2. The Morgan fingerprint density at radius 1 is 1.28 bits per heavy atom. The molecule has 0 bridgehead atoms. The predicted octanol–water partition coefficient (Wildman–Crippen LogP) is 0.865. The maximum absolute atomic E-state index is 12.1. The molecule has 5 nitrogen and oxygen atoms in total. The number of carbonyl (C=O) groups excluding carboxylic acids is 1. The lowest BCUT2D eigenvalue weighted by Gasteiger charge is -2.08. The van der Waals surface area contributed by atoms with Gasteiger partial charge in [0, 0.05) is 13.1 Å². The van der Waals surface area contributed by atoms with E-state index in [0.717, 1.165) is 11.0 Å². The minimum atomic E-state index is -0.171. The third-order valence-electron chi connectivity index (χ3n) is 2.80. The third kappa shape index (κ3) is 2.16. The van der Waals surface area contributed by atoms with Gasteiger partial charge in [-0.05, 0) is 26.0 Å². The summed E-state index contributed by atoms with van der Waals surface area (Å²) >= 11 is 0. The molecule has 0 radical (unpaired) electrons. The quantitative estimate of drug-likeness (QED) is 0.874. The molecule has 1 aromatic carbocycles. The minimum absolute atomic E-state index is 0.0539. The van der Waals surface area contributed by atoms with Gasteiger partial charge in [0.15, 0.2) is 0 Å². The average molecular weight is 247 g/mol. The zero-order valence-corrected chi connectivity index (χ0v) is 10.8. The van der Waals surface area contributed by atoms with Crippen molar-refractivity contribution >= 4 is 16.9 Å². The van der Waals surface area contributed by atoms with E-state index in [4.69, 9.17) is 0 Å². The molecule has 0 atom stereocenters. The summed E-state index contributed by atoms with van der Waals surface area (Å²) in [5.74, 6) is -0.150. The van der Waals surface area contributed by atoms with E-state index in [2.05, 4.69) is 5.32 Å². The van der Waals surface area contributed by atoms with Gasteiger partial charge in [0.05, 0.1) is 11.0 Å². The Hall–Kier alpha value is -2.04. The van der Waals surface area contributed by atoms with Crippen LogP contribution in [0.15, 0.2) is 29.1 Å². The van der Waals surface area contributed by atoms with Crippen molar-refractivity contribution in [2.75, 3.05) is 0 Å². The molecule has 2 aromatic rings. The Kier molecular flexibility index (Phi) is 3.23. The molecule has 96 valence electrons. The van der Waals surface area contributed by atoms with Gasteiger partial charge >= 0.3 is 5.69 Å². The van der Waals surface area contributed by atoms with Crippen molar-refractivity contribution in [3.05, 3.63) is 34.7 Å². The monoisotopic (exact) mass is 247 g/mol. The number of carbonyl (C=O) groups is 1. The van der Waals surface area contributed by atoms with Crippen LogP contribution in [-0.2, 0) is 18.4 Å². The van der Waals surface area contributed by atoms with Crippen molar-refractivity contribution in [3.8, 4) is 0 Å². The fourth-order valence-corrected chi connectivity index (χ4v) is 2.03. The van der Waals surface area contributed by atoms with Gasteiger partial charge in [-0.15, -0.1) is 0 Å². The summed E-state index contributed by atoms with van der Waals surface area (Å²) in [6.45, 7) is 3.84. The lowest BCUT2D eigenvalue weighted by molar-refractivity contribution is -0.122. The van der Waals surface area contributed by atoms with Crippen LogP contribution in [0.3, 0.4) is 0 Å². The molecule has 0 fully saturated rings. The Morgan fingerprint density at radius 2 is 1.89 bits per heavy atom. The van der Waals surface area contributed by atoms with Crippen LogP contribution in [0.1, 0.15) is 13.8 Å². The van der Waals surface area contributed by atoms with E-state index in [1.165, 1.54) is 4.57 Å². The van der Waals surface area contributed by atoms with Crippen molar-refractivity contribution in [2.45, 2.75) is 26.4 Å². The summed E-state index contributed by atoms with van der Waals surface area (Å²) in [6, 6.07) is 7.52.